The van der Waals surface area contributed by atoms with E-state index in [4.69, 9.17) is 16.7 Å². The van der Waals surface area contributed by atoms with Crippen molar-refractivity contribution >= 4 is 41.1 Å². The molecule has 110 valence electrons. The number of carbonyl (C=O) groups is 2. The van der Waals surface area contributed by atoms with Crippen LogP contribution >= 0.6 is 23.4 Å². The highest BCUT2D eigenvalue weighted by Crippen LogP contribution is 2.21. The molecule has 0 bridgehead atoms. The lowest BCUT2D eigenvalue weighted by molar-refractivity contribution is -0.139. The van der Waals surface area contributed by atoms with Gasteiger partial charge in [0.25, 0.3) is 0 Å². The van der Waals surface area contributed by atoms with Crippen molar-refractivity contribution in [3.8, 4) is 0 Å². The summed E-state index contributed by atoms with van der Waals surface area (Å²) in [5.74, 6) is -1.32. The van der Waals surface area contributed by atoms with Crippen LogP contribution in [0.25, 0.3) is 0 Å². The average molecular weight is 321 g/mol. The molecule has 0 radical (unpaired) electrons. The number of rotatable bonds is 6. The number of hydrogen-bond donors (Lipinski definition) is 3. The maximum atomic E-state index is 13.6. The molecule has 8 heteroatoms. The zero-order valence-electron chi connectivity index (χ0n) is 10.7. The number of hydrogen-bond acceptors (Lipinski definition) is 3. The second-order valence-corrected chi connectivity index (χ2v) is 5.26. The van der Waals surface area contributed by atoms with Gasteiger partial charge in [-0.1, -0.05) is 17.7 Å². The Morgan fingerprint density at radius 1 is 1.50 bits per heavy atom. The number of carboxylic acid groups (broad SMARTS) is 1. The van der Waals surface area contributed by atoms with E-state index in [2.05, 4.69) is 10.6 Å². The molecule has 0 saturated heterocycles. The van der Waals surface area contributed by atoms with Crippen LogP contribution in [-0.2, 0) is 4.79 Å². The number of halogens is 2. The second-order valence-electron chi connectivity index (χ2n) is 3.87. The number of anilines is 1. The first-order valence-electron chi connectivity index (χ1n) is 5.69. The Balaban J connectivity index is 2.66. The van der Waals surface area contributed by atoms with Gasteiger partial charge in [0.1, 0.15) is 6.04 Å². The van der Waals surface area contributed by atoms with Crippen LogP contribution in [0.2, 0.25) is 5.02 Å². The van der Waals surface area contributed by atoms with Crippen molar-refractivity contribution in [1.82, 2.24) is 5.32 Å². The van der Waals surface area contributed by atoms with Crippen LogP contribution in [0.3, 0.4) is 0 Å². The number of thioether (sulfide) groups is 1. The highest BCUT2D eigenvalue weighted by atomic mass is 35.5. The summed E-state index contributed by atoms with van der Waals surface area (Å²) in [7, 11) is 0. The van der Waals surface area contributed by atoms with Gasteiger partial charge in [-0.25, -0.2) is 14.0 Å². The molecule has 0 aliphatic heterocycles. The lowest BCUT2D eigenvalue weighted by Gasteiger charge is -2.15. The van der Waals surface area contributed by atoms with Gasteiger partial charge in [0.05, 0.1) is 10.7 Å². The molecule has 0 spiro atoms. The summed E-state index contributed by atoms with van der Waals surface area (Å²) in [6.07, 6.45) is 2.11. The van der Waals surface area contributed by atoms with Gasteiger partial charge in [-0.05, 0) is 30.6 Å². The summed E-state index contributed by atoms with van der Waals surface area (Å²) >= 11 is 7.05. The van der Waals surface area contributed by atoms with Gasteiger partial charge in [0.15, 0.2) is 5.82 Å². The zero-order valence-corrected chi connectivity index (χ0v) is 12.2. The van der Waals surface area contributed by atoms with E-state index in [1.165, 1.54) is 30.0 Å². The average Bonchev–Trinajstić information content (AvgIpc) is 2.39. The zero-order chi connectivity index (χ0) is 15.1. The van der Waals surface area contributed by atoms with Crippen LogP contribution in [0.15, 0.2) is 18.2 Å². The van der Waals surface area contributed by atoms with Crippen molar-refractivity contribution < 1.29 is 19.1 Å². The fourth-order valence-corrected chi connectivity index (χ4v) is 2.06. The molecule has 0 saturated carbocycles. The molecule has 1 rings (SSSR count). The Morgan fingerprint density at radius 3 is 2.80 bits per heavy atom. The van der Waals surface area contributed by atoms with E-state index >= 15 is 0 Å². The van der Waals surface area contributed by atoms with Crippen LogP contribution in [0.1, 0.15) is 6.42 Å². The summed E-state index contributed by atoms with van der Waals surface area (Å²) in [6, 6.07) is 2.34. The van der Waals surface area contributed by atoms with Gasteiger partial charge in [-0.3, -0.25) is 0 Å². The quantitative estimate of drug-likeness (QED) is 0.753. The number of carboxylic acids is 1. The second kappa shape index (κ2) is 7.96. The molecule has 1 atom stereocenters. The van der Waals surface area contributed by atoms with E-state index in [-0.39, 0.29) is 17.1 Å². The van der Waals surface area contributed by atoms with Crippen LogP contribution in [0.4, 0.5) is 14.9 Å². The SMILES string of the molecule is CSCCC(NC(=O)Nc1cccc(Cl)c1F)C(=O)O. The van der Waals surface area contributed by atoms with Gasteiger partial charge in [0, 0.05) is 0 Å². The molecular formula is C12H14ClFN2O3S. The summed E-state index contributed by atoms with van der Waals surface area (Å²) < 4.78 is 13.6. The Bertz CT molecular complexity index is 502. The maximum absolute atomic E-state index is 13.6. The summed E-state index contributed by atoms with van der Waals surface area (Å²) in [4.78, 5) is 22.6. The first kappa shape index (κ1) is 16.6. The van der Waals surface area contributed by atoms with Gasteiger partial charge >= 0.3 is 12.0 Å². The Hall–Kier alpha value is -1.47. The summed E-state index contributed by atoms with van der Waals surface area (Å²) in [6.45, 7) is 0. The molecule has 20 heavy (non-hydrogen) atoms. The fraction of sp³-hybridized carbons (Fsp3) is 0.333. The minimum Gasteiger partial charge on any atom is -0.480 e. The van der Waals surface area contributed by atoms with Crippen molar-refractivity contribution in [1.29, 1.82) is 0 Å². The van der Waals surface area contributed by atoms with Crippen LogP contribution < -0.4 is 10.6 Å². The predicted octanol–water partition coefficient (Wildman–Crippen LogP) is 2.81. The predicted molar refractivity (Wildman–Crippen MR) is 78.0 cm³/mol. The molecule has 0 aliphatic carbocycles. The minimum absolute atomic E-state index is 0.107. The molecule has 3 N–H and O–H groups in total. The van der Waals surface area contributed by atoms with Crippen LogP contribution in [-0.4, -0.2) is 35.2 Å². The highest BCUT2D eigenvalue weighted by Gasteiger charge is 2.20. The number of aliphatic carboxylic acids is 1. The Labute approximate surface area is 124 Å². The number of benzene rings is 1. The lowest BCUT2D eigenvalue weighted by Crippen LogP contribution is -2.43. The first-order valence-corrected chi connectivity index (χ1v) is 7.46. The van der Waals surface area contributed by atoms with Gasteiger partial charge < -0.3 is 15.7 Å². The molecule has 0 aromatic heterocycles. The molecule has 0 fully saturated rings. The molecule has 1 aromatic rings. The Morgan fingerprint density at radius 2 is 2.20 bits per heavy atom. The maximum Gasteiger partial charge on any atom is 0.326 e. The fourth-order valence-electron chi connectivity index (χ4n) is 1.41. The van der Waals surface area contributed by atoms with Crippen LogP contribution in [0.5, 0.6) is 0 Å². The van der Waals surface area contributed by atoms with E-state index in [1.54, 1.807) is 0 Å². The molecule has 1 aromatic carbocycles. The summed E-state index contributed by atoms with van der Waals surface area (Å²) in [5, 5.41) is 13.3. The van der Waals surface area contributed by atoms with E-state index in [0.29, 0.717) is 5.75 Å². The molecular weight excluding hydrogens is 307 g/mol. The van der Waals surface area contributed by atoms with Gasteiger partial charge in [-0.15, -0.1) is 0 Å². The van der Waals surface area contributed by atoms with E-state index in [0.717, 1.165) is 0 Å². The normalized spacial score (nSPS) is 11.8. The topological polar surface area (TPSA) is 78.4 Å². The van der Waals surface area contributed by atoms with Crippen molar-refractivity contribution in [2.24, 2.45) is 0 Å². The molecule has 5 nitrogen and oxygen atoms in total. The van der Waals surface area contributed by atoms with Crippen LogP contribution in [0, 0.1) is 5.82 Å². The van der Waals surface area contributed by atoms with E-state index in [9.17, 15) is 14.0 Å². The van der Waals surface area contributed by atoms with E-state index < -0.39 is 23.9 Å². The molecule has 2 amide bonds. The highest BCUT2D eigenvalue weighted by molar-refractivity contribution is 7.98. The standard InChI is InChI=1S/C12H14ClFN2O3S/c1-20-6-5-9(11(17)18)16-12(19)15-8-4-2-3-7(13)10(8)14/h2-4,9H,5-6H2,1H3,(H,17,18)(H2,15,16,19). The lowest BCUT2D eigenvalue weighted by atomic mass is 10.2. The third-order valence-corrected chi connectivity index (χ3v) is 3.35. The van der Waals surface area contributed by atoms with Crippen molar-refractivity contribution in [3.05, 3.63) is 29.0 Å². The number of urea groups is 1. The van der Waals surface area contributed by atoms with Gasteiger partial charge in [-0.2, -0.15) is 11.8 Å². The number of amides is 2. The van der Waals surface area contributed by atoms with Crippen molar-refractivity contribution in [2.75, 3.05) is 17.3 Å². The van der Waals surface area contributed by atoms with Gasteiger partial charge in [0.2, 0.25) is 0 Å². The van der Waals surface area contributed by atoms with Crippen molar-refractivity contribution in [3.63, 3.8) is 0 Å². The Kier molecular flexibility index (Phi) is 6.60. The molecule has 0 aliphatic rings. The third kappa shape index (κ3) is 4.90. The largest absolute Gasteiger partial charge is 0.480 e. The third-order valence-electron chi connectivity index (χ3n) is 2.41. The number of carbonyl (C=O) groups excluding carboxylic acids is 1. The molecule has 0 heterocycles. The smallest absolute Gasteiger partial charge is 0.326 e. The monoisotopic (exact) mass is 320 g/mol. The van der Waals surface area contributed by atoms with Crippen molar-refractivity contribution in [2.45, 2.75) is 12.5 Å². The number of nitrogens with one attached hydrogen (secondary N) is 2. The molecule has 1 unspecified atom stereocenters. The minimum atomic E-state index is -1.14. The first-order chi connectivity index (χ1) is 9.45. The van der Waals surface area contributed by atoms with E-state index in [1.807, 2.05) is 6.26 Å². The summed E-state index contributed by atoms with van der Waals surface area (Å²) in [5.41, 5.74) is -0.107.